The molecule has 5 fully saturated rings. The number of aliphatic hydroxyl groups excluding tert-OH is 1. The molecule has 52 heavy (non-hydrogen) atoms. The maximum atomic E-state index is 13.2. The third-order valence-electron chi connectivity index (χ3n) is 11.9. The Bertz CT molecular complexity index is 1780. The van der Waals surface area contributed by atoms with Crippen LogP contribution >= 0.6 is 0 Å². The second-order valence-electron chi connectivity index (χ2n) is 16.0. The van der Waals surface area contributed by atoms with Gasteiger partial charge >= 0.3 is 6.03 Å². The van der Waals surface area contributed by atoms with Gasteiger partial charge in [-0.1, -0.05) is 66.7 Å². The van der Waals surface area contributed by atoms with Gasteiger partial charge in [0, 0.05) is 55.5 Å². The number of urea groups is 1. The Labute approximate surface area is 308 Å². The van der Waals surface area contributed by atoms with E-state index in [2.05, 4.69) is 94.3 Å². The Kier molecular flexibility index (Phi) is 10.4. The Morgan fingerprint density at radius 1 is 0.827 bits per heavy atom. The van der Waals surface area contributed by atoms with Gasteiger partial charge in [0.15, 0.2) is 6.29 Å². The molecule has 2 amide bonds. The maximum Gasteiger partial charge on any atom is 0.315 e. The van der Waals surface area contributed by atoms with Crippen molar-refractivity contribution < 1.29 is 19.4 Å². The Morgan fingerprint density at radius 2 is 1.56 bits per heavy atom. The highest BCUT2D eigenvalue weighted by atomic mass is 16.7. The summed E-state index contributed by atoms with van der Waals surface area (Å²) < 4.78 is 13.4. The van der Waals surface area contributed by atoms with Crippen LogP contribution in [0, 0.1) is 17.8 Å². The van der Waals surface area contributed by atoms with Crippen molar-refractivity contribution in [2.45, 2.75) is 88.6 Å². The zero-order valence-electron chi connectivity index (χ0n) is 30.3. The van der Waals surface area contributed by atoms with Gasteiger partial charge in [0.1, 0.15) is 0 Å². The second-order valence-corrected chi connectivity index (χ2v) is 16.0. The minimum Gasteiger partial charge on any atom is -0.392 e. The molecule has 1 saturated heterocycles. The van der Waals surface area contributed by atoms with E-state index < -0.39 is 6.29 Å². The van der Waals surface area contributed by atoms with Crippen molar-refractivity contribution in [2.24, 2.45) is 17.8 Å². The number of carbonyl (C=O) groups is 1. The smallest absolute Gasteiger partial charge is 0.315 e. The first-order chi connectivity index (χ1) is 25.4. The van der Waals surface area contributed by atoms with E-state index >= 15 is 0 Å². The lowest BCUT2D eigenvalue weighted by Gasteiger charge is -2.56. The van der Waals surface area contributed by atoms with Crippen molar-refractivity contribution in [3.05, 3.63) is 125 Å². The topological polar surface area (TPSA) is 96.0 Å². The number of aromatic nitrogens is 1. The van der Waals surface area contributed by atoms with E-state index in [1.807, 2.05) is 30.5 Å². The van der Waals surface area contributed by atoms with Crippen LogP contribution < -0.4 is 10.6 Å². The van der Waals surface area contributed by atoms with Gasteiger partial charge in [-0.15, -0.1) is 0 Å². The van der Waals surface area contributed by atoms with Crippen molar-refractivity contribution in [3.63, 3.8) is 0 Å². The van der Waals surface area contributed by atoms with Crippen LogP contribution in [0.5, 0.6) is 0 Å². The molecule has 4 bridgehead atoms. The Hall–Kier alpha value is -4.08. The van der Waals surface area contributed by atoms with Crippen molar-refractivity contribution in [2.75, 3.05) is 20.1 Å². The molecule has 0 spiro atoms. The maximum absolute atomic E-state index is 13.2. The summed E-state index contributed by atoms with van der Waals surface area (Å²) in [6, 6.07) is 30.9. The average molecular weight is 701 g/mol. The van der Waals surface area contributed by atoms with Crippen molar-refractivity contribution >= 4 is 6.03 Å². The Morgan fingerprint density at radius 3 is 2.27 bits per heavy atom. The summed E-state index contributed by atoms with van der Waals surface area (Å²) in [5.74, 6) is 2.38. The van der Waals surface area contributed by atoms with E-state index in [0.717, 1.165) is 102 Å². The molecule has 4 aliphatic carbocycles. The zero-order valence-corrected chi connectivity index (χ0v) is 30.3. The van der Waals surface area contributed by atoms with Crippen LogP contribution in [-0.4, -0.2) is 52.8 Å². The van der Waals surface area contributed by atoms with E-state index in [1.165, 1.54) is 19.3 Å². The summed E-state index contributed by atoms with van der Waals surface area (Å²) in [5.41, 5.74) is 7.23. The van der Waals surface area contributed by atoms with Crippen molar-refractivity contribution in [3.8, 4) is 11.1 Å². The van der Waals surface area contributed by atoms with Crippen molar-refractivity contribution in [1.82, 2.24) is 20.5 Å². The number of benzene rings is 3. The van der Waals surface area contributed by atoms with Crippen LogP contribution in [-0.2, 0) is 29.0 Å². The molecular weight excluding hydrogens is 649 g/mol. The number of rotatable bonds is 12. The molecule has 3 atom stereocenters. The van der Waals surface area contributed by atoms with Gasteiger partial charge in [0.05, 0.1) is 18.8 Å². The first-order valence-electron chi connectivity index (χ1n) is 19.2. The number of ether oxygens (including phenoxy) is 2. The molecule has 4 saturated carbocycles. The van der Waals surface area contributed by atoms with E-state index in [0.29, 0.717) is 6.54 Å². The van der Waals surface area contributed by atoms with Crippen LogP contribution in [0.1, 0.15) is 85.3 Å². The molecule has 3 N–H and O–H groups in total. The summed E-state index contributed by atoms with van der Waals surface area (Å²) in [5, 5.41) is 16.2. The number of pyridine rings is 1. The molecule has 3 aromatic carbocycles. The fraction of sp³-hybridized carbons (Fsp3) is 0.455. The lowest BCUT2D eigenvalue weighted by atomic mass is 9.53. The molecule has 0 unspecified atom stereocenters. The SMILES string of the molecule is CN(CCc1ccccn1)C[C@@H]1C[C@H](c2ccc(CO)cc2)O[C@H](c2cccc(-c3cccc(CNC(=O)NC45CC6CC(CC(C6)C4)C5)c3)c2)O1. The molecule has 9 rings (SSSR count). The number of aliphatic hydroxyl groups is 1. The predicted octanol–water partition coefficient (Wildman–Crippen LogP) is 7.73. The van der Waals surface area contributed by atoms with Gasteiger partial charge in [0.25, 0.3) is 0 Å². The lowest BCUT2D eigenvalue weighted by molar-refractivity contribution is -0.252. The molecule has 1 aromatic heterocycles. The van der Waals surface area contributed by atoms with Crippen LogP contribution in [0.25, 0.3) is 11.1 Å². The quantitative estimate of drug-likeness (QED) is 0.140. The van der Waals surface area contributed by atoms with E-state index in [4.69, 9.17) is 9.47 Å². The van der Waals surface area contributed by atoms with E-state index in [1.54, 1.807) is 0 Å². The molecule has 1 aliphatic heterocycles. The highest BCUT2D eigenvalue weighted by molar-refractivity contribution is 5.75. The molecule has 2 heterocycles. The van der Waals surface area contributed by atoms with E-state index in [9.17, 15) is 9.90 Å². The van der Waals surface area contributed by atoms with Crippen LogP contribution in [0.15, 0.2) is 97.2 Å². The van der Waals surface area contributed by atoms with Crippen LogP contribution in [0.4, 0.5) is 4.79 Å². The molecule has 5 aliphatic rings. The standard InChI is InChI=1S/C44H52N4O4/c1-48(17-15-39-10-2-3-16-45-39)28-40-23-41(35-13-11-30(29-49)12-14-35)52-42(51-40)38-9-5-8-37(22-38)36-7-4-6-31(21-36)27-46-43(50)47-44-24-32-18-33(25-44)20-34(19-32)26-44/h2-14,16,21-22,32-34,40-42,49H,15,17-20,23-29H2,1H3,(H2,46,47,50)/t32?,33?,34?,40-,41+,42+,44?/m0/s1. The molecule has 0 radical (unpaired) electrons. The van der Waals surface area contributed by atoms with Gasteiger partial charge in [-0.3, -0.25) is 4.98 Å². The minimum absolute atomic E-state index is 0.000332. The number of hydrogen-bond acceptors (Lipinski definition) is 6. The average Bonchev–Trinajstić information content (AvgIpc) is 3.16. The van der Waals surface area contributed by atoms with Crippen LogP contribution in [0.3, 0.4) is 0 Å². The number of nitrogens with zero attached hydrogens (tertiary/aromatic N) is 2. The van der Waals surface area contributed by atoms with E-state index in [-0.39, 0.29) is 30.4 Å². The lowest BCUT2D eigenvalue weighted by Crippen LogP contribution is -2.61. The largest absolute Gasteiger partial charge is 0.392 e. The molecule has 8 nitrogen and oxygen atoms in total. The molecular formula is C44H52N4O4. The fourth-order valence-corrected chi connectivity index (χ4v) is 9.78. The van der Waals surface area contributed by atoms with Gasteiger partial charge in [0.2, 0.25) is 0 Å². The Balaban J connectivity index is 0.939. The summed E-state index contributed by atoms with van der Waals surface area (Å²) in [4.78, 5) is 20.0. The summed E-state index contributed by atoms with van der Waals surface area (Å²) in [6.45, 7) is 2.14. The van der Waals surface area contributed by atoms with Crippen LogP contribution in [0.2, 0.25) is 0 Å². The summed E-state index contributed by atoms with van der Waals surface area (Å²) >= 11 is 0. The highest BCUT2D eigenvalue weighted by Gasteiger charge is 2.51. The summed E-state index contributed by atoms with van der Waals surface area (Å²) in [6.07, 6.45) is 10.2. The summed E-state index contributed by atoms with van der Waals surface area (Å²) in [7, 11) is 2.14. The molecule has 4 aromatic rings. The normalized spacial score (nSPS) is 27.8. The zero-order chi connectivity index (χ0) is 35.5. The number of amides is 2. The van der Waals surface area contributed by atoms with Gasteiger partial charge < -0.3 is 30.1 Å². The number of nitrogens with one attached hydrogen (secondary N) is 2. The first kappa shape index (κ1) is 35.0. The third-order valence-corrected chi connectivity index (χ3v) is 11.9. The molecule has 272 valence electrons. The first-order valence-corrected chi connectivity index (χ1v) is 19.2. The number of carbonyl (C=O) groups excluding carboxylic acids is 1. The van der Waals surface area contributed by atoms with Gasteiger partial charge in [-0.25, -0.2) is 4.79 Å². The number of likely N-dealkylation sites (N-methyl/N-ethyl adjacent to an activating group) is 1. The monoisotopic (exact) mass is 700 g/mol. The van der Waals surface area contributed by atoms with Gasteiger partial charge in [-0.2, -0.15) is 0 Å². The number of hydrogen-bond donors (Lipinski definition) is 3. The minimum atomic E-state index is -0.538. The third kappa shape index (κ3) is 8.26. The van der Waals surface area contributed by atoms with Gasteiger partial charge in [-0.05, 0) is 115 Å². The van der Waals surface area contributed by atoms with Crippen molar-refractivity contribution in [1.29, 1.82) is 0 Å². The molecule has 8 heteroatoms. The highest BCUT2D eigenvalue weighted by Crippen LogP contribution is 2.55. The predicted molar refractivity (Wildman–Crippen MR) is 202 cm³/mol. The second kappa shape index (κ2) is 15.5. The fourth-order valence-electron chi connectivity index (χ4n) is 9.78.